The van der Waals surface area contributed by atoms with Gasteiger partial charge in [-0.1, -0.05) is 5.21 Å². The molecule has 2 amide bonds. The number of halogens is 2. The first kappa shape index (κ1) is 20.0. The van der Waals surface area contributed by atoms with E-state index < -0.39 is 24.3 Å². The molecule has 2 aliphatic heterocycles. The van der Waals surface area contributed by atoms with Crippen LogP contribution in [0.15, 0.2) is 30.6 Å². The van der Waals surface area contributed by atoms with E-state index in [0.29, 0.717) is 18.7 Å². The van der Waals surface area contributed by atoms with Gasteiger partial charge in [-0.25, -0.2) is 18.3 Å². The molecule has 1 aromatic heterocycles. The quantitative estimate of drug-likeness (QED) is 0.744. The van der Waals surface area contributed by atoms with Gasteiger partial charge in [0.25, 0.3) is 0 Å². The van der Waals surface area contributed by atoms with E-state index in [1.54, 1.807) is 23.1 Å². The molecule has 9 nitrogen and oxygen atoms in total. The van der Waals surface area contributed by atoms with Crippen molar-refractivity contribution in [3.63, 3.8) is 0 Å². The molecule has 0 radical (unpaired) electrons. The third-order valence-electron chi connectivity index (χ3n) is 5.33. The molecule has 3 heterocycles. The minimum atomic E-state index is -1.37. The van der Waals surface area contributed by atoms with Crippen LogP contribution in [0.4, 0.5) is 25.0 Å². The number of aromatic nitrogens is 3. The number of nitrogens with zero attached hydrogens (tertiary/aromatic N) is 5. The number of ether oxygens (including phenoxy) is 1. The predicted molar refractivity (Wildman–Crippen MR) is 103 cm³/mol. The lowest BCUT2D eigenvalue weighted by molar-refractivity contribution is -0.119. The smallest absolute Gasteiger partial charge is 0.414 e. The van der Waals surface area contributed by atoms with Gasteiger partial charge in [-0.15, -0.1) is 5.10 Å². The van der Waals surface area contributed by atoms with Crippen molar-refractivity contribution in [3.05, 3.63) is 36.4 Å². The van der Waals surface area contributed by atoms with Gasteiger partial charge >= 0.3 is 6.09 Å². The lowest BCUT2D eigenvalue weighted by Gasteiger charge is -2.36. The van der Waals surface area contributed by atoms with Gasteiger partial charge in [0.2, 0.25) is 5.91 Å². The van der Waals surface area contributed by atoms with Crippen LogP contribution in [0.5, 0.6) is 0 Å². The Morgan fingerprint density at radius 1 is 1.40 bits per heavy atom. The summed E-state index contributed by atoms with van der Waals surface area (Å²) in [4.78, 5) is 25.8. The molecule has 30 heavy (non-hydrogen) atoms. The number of piperidine rings is 1. The van der Waals surface area contributed by atoms with Crippen LogP contribution in [0.1, 0.15) is 25.8 Å². The van der Waals surface area contributed by atoms with Crippen molar-refractivity contribution in [2.45, 2.75) is 38.2 Å². The number of nitrogens with one attached hydrogen (secondary N) is 1. The number of benzene rings is 1. The first-order valence-corrected chi connectivity index (χ1v) is 9.71. The van der Waals surface area contributed by atoms with Crippen LogP contribution in [0.25, 0.3) is 0 Å². The number of rotatable bonds is 5. The molecule has 11 heteroatoms. The second-order valence-electron chi connectivity index (χ2n) is 7.38. The minimum absolute atomic E-state index is 0.124. The van der Waals surface area contributed by atoms with E-state index >= 15 is 0 Å². The molecule has 0 aliphatic carbocycles. The number of carbonyl (C=O) groups is 2. The van der Waals surface area contributed by atoms with E-state index in [0.717, 1.165) is 0 Å². The molecule has 2 saturated heterocycles. The third kappa shape index (κ3) is 4.05. The van der Waals surface area contributed by atoms with Crippen molar-refractivity contribution >= 4 is 23.4 Å². The van der Waals surface area contributed by atoms with Crippen LogP contribution in [0.3, 0.4) is 0 Å². The summed E-state index contributed by atoms with van der Waals surface area (Å²) in [6.07, 6.45) is 1.51. The highest BCUT2D eigenvalue weighted by Gasteiger charge is 2.34. The molecule has 0 spiro atoms. The Hall–Kier alpha value is -3.24. The Kier molecular flexibility index (Phi) is 5.51. The molecular formula is C19H22F2N6O3. The summed E-state index contributed by atoms with van der Waals surface area (Å²) < 4.78 is 36.5. The number of amides is 2. The maximum atomic E-state index is 14.8. The molecule has 1 N–H and O–H groups in total. The fourth-order valence-electron chi connectivity index (χ4n) is 3.81. The molecule has 0 saturated carbocycles. The maximum Gasteiger partial charge on any atom is 0.414 e. The predicted octanol–water partition coefficient (Wildman–Crippen LogP) is 2.02. The molecule has 1 aromatic carbocycles. The fourth-order valence-corrected chi connectivity index (χ4v) is 3.81. The first-order valence-electron chi connectivity index (χ1n) is 9.71. The van der Waals surface area contributed by atoms with Crippen molar-refractivity contribution in [2.24, 2.45) is 0 Å². The second kappa shape index (κ2) is 8.25. The normalized spacial score (nSPS) is 24.1. The number of carbonyl (C=O) groups excluding carboxylic acids is 2. The molecule has 3 atom stereocenters. The highest BCUT2D eigenvalue weighted by Crippen LogP contribution is 2.34. The Labute approximate surface area is 171 Å². The summed E-state index contributed by atoms with van der Waals surface area (Å²) in [6.45, 7) is 2.07. The molecule has 3 unspecified atom stereocenters. The van der Waals surface area contributed by atoms with Crippen molar-refractivity contribution in [3.8, 4) is 0 Å². The molecule has 2 aromatic rings. The van der Waals surface area contributed by atoms with Gasteiger partial charge < -0.3 is 15.0 Å². The van der Waals surface area contributed by atoms with Crippen LogP contribution in [0.2, 0.25) is 0 Å². The van der Waals surface area contributed by atoms with E-state index in [2.05, 4.69) is 15.6 Å². The molecular weight excluding hydrogens is 398 g/mol. The van der Waals surface area contributed by atoms with Crippen LogP contribution >= 0.6 is 0 Å². The lowest BCUT2D eigenvalue weighted by Crippen LogP contribution is -2.41. The Morgan fingerprint density at radius 3 is 2.90 bits per heavy atom. The van der Waals surface area contributed by atoms with Crippen molar-refractivity contribution in [2.75, 3.05) is 29.4 Å². The topological polar surface area (TPSA) is 92.6 Å². The molecule has 4 rings (SSSR count). The van der Waals surface area contributed by atoms with Gasteiger partial charge in [0, 0.05) is 26.1 Å². The molecule has 2 aliphatic rings. The third-order valence-corrected chi connectivity index (χ3v) is 5.33. The SMILES string of the molecule is CC(=O)NCC1CN(c2ccc(N3CCC(n4ccnn4)CC3F)c(F)c2)C(=O)O1. The monoisotopic (exact) mass is 420 g/mol. The Bertz CT molecular complexity index is 925. The minimum Gasteiger partial charge on any atom is -0.442 e. The molecule has 160 valence electrons. The maximum absolute atomic E-state index is 14.8. The average molecular weight is 420 g/mol. The average Bonchev–Trinajstić information content (AvgIpc) is 3.36. The zero-order valence-electron chi connectivity index (χ0n) is 16.4. The van der Waals surface area contributed by atoms with Gasteiger partial charge in [-0.05, 0) is 24.6 Å². The summed E-state index contributed by atoms with van der Waals surface area (Å²) in [5.41, 5.74) is 0.463. The zero-order valence-corrected chi connectivity index (χ0v) is 16.4. The summed E-state index contributed by atoms with van der Waals surface area (Å²) in [6, 6.07) is 4.12. The molecule has 2 fully saturated rings. The van der Waals surface area contributed by atoms with Crippen molar-refractivity contribution in [1.82, 2.24) is 20.3 Å². The second-order valence-corrected chi connectivity index (χ2v) is 7.38. The standard InChI is InChI=1S/C19H22F2N6O3/c1-12(28)22-10-15-11-26(19(29)30-15)13-2-3-17(16(20)8-13)25-6-4-14(9-18(25)21)27-7-5-23-24-27/h2-3,5,7-8,14-15,18H,4,6,9-11H2,1H3,(H,22,28). The van der Waals surface area contributed by atoms with Gasteiger partial charge in [0.05, 0.1) is 36.7 Å². The largest absolute Gasteiger partial charge is 0.442 e. The number of hydrogen-bond acceptors (Lipinski definition) is 6. The highest BCUT2D eigenvalue weighted by atomic mass is 19.1. The van der Waals surface area contributed by atoms with Crippen molar-refractivity contribution in [1.29, 1.82) is 0 Å². The Morgan fingerprint density at radius 2 is 2.23 bits per heavy atom. The zero-order chi connectivity index (χ0) is 21.3. The van der Waals surface area contributed by atoms with E-state index in [1.807, 2.05) is 0 Å². The van der Waals surface area contributed by atoms with Gasteiger partial charge in [-0.2, -0.15) is 0 Å². The highest BCUT2D eigenvalue weighted by molar-refractivity contribution is 5.90. The first-order chi connectivity index (χ1) is 14.4. The van der Waals surface area contributed by atoms with E-state index in [4.69, 9.17) is 4.74 Å². The fraction of sp³-hybridized carbons (Fsp3) is 0.474. The van der Waals surface area contributed by atoms with E-state index in [1.165, 1.54) is 28.9 Å². The number of alkyl halides is 1. The van der Waals surface area contributed by atoms with Crippen molar-refractivity contribution < 1.29 is 23.1 Å². The number of cyclic esters (lactones) is 1. The number of anilines is 2. The Balaban J connectivity index is 1.43. The van der Waals surface area contributed by atoms with Gasteiger partial charge in [-0.3, -0.25) is 9.69 Å². The number of hydrogen-bond donors (Lipinski definition) is 1. The summed E-state index contributed by atoms with van der Waals surface area (Å²) >= 11 is 0. The summed E-state index contributed by atoms with van der Waals surface area (Å²) in [7, 11) is 0. The van der Waals surface area contributed by atoms with E-state index in [-0.39, 0.29) is 37.1 Å². The van der Waals surface area contributed by atoms with Gasteiger partial charge in [0.1, 0.15) is 11.9 Å². The summed E-state index contributed by atoms with van der Waals surface area (Å²) in [5, 5.41) is 10.2. The van der Waals surface area contributed by atoms with Crippen LogP contribution in [-0.2, 0) is 9.53 Å². The molecule has 0 bridgehead atoms. The van der Waals surface area contributed by atoms with E-state index in [9.17, 15) is 18.4 Å². The van der Waals surface area contributed by atoms with Crippen LogP contribution in [-0.4, -0.2) is 59.0 Å². The summed E-state index contributed by atoms with van der Waals surface area (Å²) in [5.74, 6) is -0.847. The lowest BCUT2D eigenvalue weighted by atomic mass is 10.0. The van der Waals surface area contributed by atoms with Crippen LogP contribution in [0, 0.1) is 5.82 Å². The van der Waals surface area contributed by atoms with Gasteiger partial charge in [0.15, 0.2) is 6.30 Å². The van der Waals surface area contributed by atoms with Crippen LogP contribution < -0.4 is 15.1 Å².